The summed E-state index contributed by atoms with van der Waals surface area (Å²) in [6.45, 7) is 4.02. The number of fused-ring (bicyclic) bond motifs is 1. The van der Waals surface area contributed by atoms with Crippen LogP contribution in [0.3, 0.4) is 0 Å². The topological polar surface area (TPSA) is 88.6 Å². The van der Waals surface area contributed by atoms with Gasteiger partial charge >= 0.3 is 5.97 Å². The molecule has 0 spiro atoms. The molecule has 7 nitrogen and oxygen atoms in total. The molecule has 1 aromatic heterocycles. The summed E-state index contributed by atoms with van der Waals surface area (Å²) in [5.41, 5.74) is 3.26. The summed E-state index contributed by atoms with van der Waals surface area (Å²) >= 11 is 1.31. The molecule has 31 heavy (non-hydrogen) atoms. The highest BCUT2D eigenvalue weighted by Crippen LogP contribution is 2.30. The molecule has 8 heteroatoms. The van der Waals surface area contributed by atoms with E-state index in [2.05, 4.69) is 10.3 Å². The molecular weight excluding hydrogens is 414 g/mol. The van der Waals surface area contributed by atoms with E-state index in [9.17, 15) is 14.4 Å². The van der Waals surface area contributed by atoms with Gasteiger partial charge in [0.15, 0.2) is 5.13 Å². The first-order valence-corrected chi connectivity index (χ1v) is 10.7. The highest BCUT2D eigenvalue weighted by Gasteiger charge is 2.36. The Morgan fingerprint density at radius 3 is 2.32 bits per heavy atom. The summed E-state index contributed by atoms with van der Waals surface area (Å²) < 4.78 is 5.08. The lowest BCUT2D eigenvalue weighted by Crippen LogP contribution is -2.29. The fourth-order valence-electron chi connectivity index (χ4n) is 3.33. The average Bonchev–Trinajstić information content (AvgIpc) is 3.23. The monoisotopic (exact) mass is 435 g/mol. The van der Waals surface area contributed by atoms with Crippen molar-refractivity contribution in [2.75, 3.05) is 11.9 Å². The molecule has 4 rings (SSSR count). The molecule has 2 aromatic carbocycles. The van der Waals surface area contributed by atoms with E-state index >= 15 is 0 Å². The number of ether oxygens (including phenoxy) is 1. The van der Waals surface area contributed by atoms with Gasteiger partial charge in [-0.15, -0.1) is 11.3 Å². The van der Waals surface area contributed by atoms with E-state index < -0.39 is 0 Å². The number of aryl methyl sites for hydroxylation is 1. The van der Waals surface area contributed by atoms with Gasteiger partial charge in [0.1, 0.15) is 0 Å². The van der Waals surface area contributed by atoms with E-state index in [1.165, 1.54) is 16.2 Å². The molecule has 0 saturated carbocycles. The normalized spacial score (nSPS) is 12.8. The van der Waals surface area contributed by atoms with Crippen LogP contribution in [0, 0.1) is 6.92 Å². The van der Waals surface area contributed by atoms with Gasteiger partial charge in [-0.3, -0.25) is 19.3 Å². The van der Waals surface area contributed by atoms with Gasteiger partial charge in [0.05, 0.1) is 36.4 Å². The quantitative estimate of drug-likeness (QED) is 0.444. The Hall–Kier alpha value is -3.52. The van der Waals surface area contributed by atoms with Gasteiger partial charge in [0, 0.05) is 10.6 Å². The van der Waals surface area contributed by atoms with Crippen LogP contribution < -0.4 is 5.32 Å². The summed E-state index contributed by atoms with van der Waals surface area (Å²) in [6, 6.07) is 14.6. The first-order chi connectivity index (χ1) is 15.0. The first kappa shape index (κ1) is 20.7. The number of rotatable bonds is 7. The van der Waals surface area contributed by atoms with Gasteiger partial charge in [0.2, 0.25) is 0 Å². The third-order valence-electron chi connectivity index (χ3n) is 4.88. The standard InChI is InChI=1S/C23H21N3O4S/c1-3-30-20(27)12-19-18(25-23(31-19)24-15-10-8-14(2)9-11-15)13-26-21(28)16-6-4-5-7-17(16)22(26)29/h4-11H,3,12-13H2,1-2H3,(H,24,25). The van der Waals surface area contributed by atoms with Crippen molar-refractivity contribution in [3.63, 3.8) is 0 Å². The van der Waals surface area contributed by atoms with Crippen LogP contribution in [0.5, 0.6) is 0 Å². The molecule has 1 aliphatic rings. The third-order valence-corrected chi connectivity index (χ3v) is 5.89. The van der Waals surface area contributed by atoms with Crippen LogP contribution in [0.15, 0.2) is 48.5 Å². The maximum absolute atomic E-state index is 12.8. The molecule has 3 aromatic rings. The minimum absolute atomic E-state index is 0.00678. The summed E-state index contributed by atoms with van der Waals surface area (Å²) in [4.78, 5) is 44.0. The second-order valence-electron chi connectivity index (χ2n) is 7.10. The molecule has 0 aliphatic carbocycles. The highest BCUT2D eigenvalue weighted by molar-refractivity contribution is 7.15. The van der Waals surface area contributed by atoms with E-state index in [1.54, 1.807) is 31.2 Å². The Morgan fingerprint density at radius 1 is 1.06 bits per heavy atom. The predicted octanol–water partition coefficient (Wildman–Crippen LogP) is 4.10. The molecule has 2 heterocycles. The number of carbonyl (C=O) groups excluding carboxylic acids is 3. The lowest BCUT2D eigenvalue weighted by Gasteiger charge is -2.13. The number of imide groups is 1. The number of hydrogen-bond donors (Lipinski definition) is 1. The zero-order chi connectivity index (χ0) is 22.0. The first-order valence-electron chi connectivity index (χ1n) is 9.89. The molecule has 0 unspecified atom stereocenters. The SMILES string of the molecule is CCOC(=O)Cc1sc(Nc2ccc(C)cc2)nc1CN1C(=O)c2ccccc2C1=O. The number of amides is 2. The Balaban J connectivity index is 1.61. The van der Waals surface area contributed by atoms with Crippen LogP contribution in [0.2, 0.25) is 0 Å². The van der Waals surface area contributed by atoms with Crippen molar-refractivity contribution in [1.82, 2.24) is 9.88 Å². The number of hydrogen-bond acceptors (Lipinski definition) is 7. The molecule has 1 N–H and O–H groups in total. The van der Waals surface area contributed by atoms with Gasteiger partial charge in [-0.05, 0) is 38.1 Å². The Labute approximate surface area is 183 Å². The Morgan fingerprint density at radius 2 is 1.71 bits per heavy atom. The second kappa shape index (κ2) is 8.69. The van der Waals surface area contributed by atoms with Crippen molar-refractivity contribution in [3.8, 4) is 0 Å². The van der Waals surface area contributed by atoms with Gasteiger partial charge in [-0.2, -0.15) is 0 Å². The van der Waals surface area contributed by atoms with Crippen LogP contribution in [-0.4, -0.2) is 34.3 Å². The van der Waals surface area contributed by atoms with Crippen LogP contribution in [0.4, 0.5) is 10.8 Å². The number of esters is 1. The maximum Gasteiger partial charge on any atom is 0.311 e. The largest absolute Gasteiger partial charge is 0.466 e. The maximum atomic E-state index is 12.8. The zero-order valence-electron chi connectivity index (χ0n) is 17.2. The van der Waals surface area contributed by atoms with Gasteiger partial charge in [-0.1, -0.05) is 29.8 Å². The molecule has 0 radical (unpaired) electrons. The van der Waals surface area contributed by atoms with E-state index in [0.717, 1.165) is 11.3 Å². The van der Waals surface area contributed by atoms with E-state index in [4.69, 9.17) is 4.74 Å². The second-order valence-corrected chi connectivity index (χ2v) is 8.19. The summed E-state index contributed by atoms with van der Waals surface area (Å²) in [7, 11) is 0. The van der Waals surface area contributed by atoms with Crippen molar-refractivity contribution >= 4 is 39.9 Å². The third kappa shape index (κ3) is 4.34. The molecule has 0 atom stereocenters. The number of aromatic nitrogens is 1. The highest BCUT2D eigenvalue weighted by atomic mass is 32.1. The molecular formula is C23H21N3O4S. The van der Waals surface area contributed by atoms with Crippen LogP contribution in [-0.2, 0) is 22.5 Å². The molecule has 0 fully saturated rings. The van der Waals surface area contributed by atoms with Crippen molar-refractivity contribution in [2.24, 2.45) is 0 Å². The van der Waals surface area contributed by atoms with Crippen LogP contribution >= 0.6 is 11.3 Å². The summed E-state index contributed by atoms with van der Waals surface area (Å²) in [5.74, 6) is -1.09. The molecule has 0 bridgehead atoms. The molecule has 158 valence electrons. The number of thiazole rings is 1. The van der Waals surface area contributed by atoms with Crippen molar-refractivity contribution in [1.29, 1.82) is 0 Å². The van der Waals surface area contributed by atoms with E-state index in [-0.39, 0.29) is 37.4 Å². The van der Waals surface area contributed by atoms with Gasteiger partial charge < -0.3 is 10.1 Å². The number of nitrogens with one attached hydrogen (secondary N) is 1. The van der Waals surface area contributed by atoms with Crippen molar-refractivity contribution in [3.05, 3.63) is 75.8 Å². The van der Waals surface area contributed by atoms with Crippen LogP contribution in [0.1, 0.15) is 43.8 Å². The van der Waals surface area contributed by atoms with Gasteiger partial charge in [-0.25, -0.2) is 4.98 Å². The molecule has 0 saturated heterocycles. The van der Waals surface area contributed by atoms with E-state index in [1.807, 2.05) is 31.2 Å². The van der Waals surface area contributed by atoms with Gasteiger partial charge in [0.25, 0.3) is 11.8 Å². The lowest BCUT2D eigenvalue weighted by molar-refractivity contribution is -0.142. The smallest absolute Gasteiger partial charge is 0.311 e. The Kier molecular flexibility index (Phi) is 5.81. The number of anilines is 2. The minimum Gasteiger partial charge on any atom is -0.466 e. The minimum atomic E-state index is -0.378. The molecule has 2 amide bonds. The lowest BCUT2D eigenvalue weighted by atomic mass is 10.1. The number of benzene rings is 2. The van der Waals surface area contributed by atoms with Crippen molar-refractivity contribution in [2.45, 2.75) is 26.8 Å². The van der Waals surface area contributed by atoms with E-state index in [0.29, 0.717) is 26.8 Å². The number of carbonyl (C=O) groups is 3. The van der Waals surface area contributed by atoms with Crippen molar-refractivity contribution < 1.29 is 19.1 Å². The predicted molar refractivity (Wildman–Crippen MR) is 118 cm³/mol. The fraction of sp³-hybridized carbons (Fsp3) is 0.217. The molecule has 1 aliphatic heterocycles. The number of nitrogens with zero attached hydrogens (tertiary/aromatic N) is 2. The summed E-state index contributed by atoms with van der Waals surface area (Å²) in [5, 5.41) is 3.81. The fourth-order valence-corrected chi connectivity index (χ4v) is 4.31. The zero-order valence-corrected chi connectivity index (χ0v) is 18.0. The summed E-state index contributed by atoms with van der Waals surface area (Å²) in [6.07, 6.45) is 0.0274. The Bertz CT molecular complexity index is 1120. The van der Waals surface area contributed by atoms with Crippen LogP contribution in [0.25, 0.3) is 0 Å². The average molecular weight is 436 g/mol.